The zero-order chi connectivity index (χ0) is 13.9. The number of nitrogens with zero attached hydrogens (tertiary/aromatic N) is 3. The molecule has 1 atom stereocenters. The Labute approximate surface area is 118 Å². The van der Waals surface area contributed by atoms with Crippen molar-refractivity contribution < 1.29 is 9.26 Å². The Morgan fingerprint density at radius 2 is 2.05 bits per heavy atom. The Morgan fingerprint density at radius 1 is 1.25 bits per heavy atom. The smallest absolute Gasteiger partial charge is 0.223 e. The van der Waals surface area contributed by atoms with Crippen LogP contribution in [-0.2, 0) is 11.3 Å². The highest BCUT2D eigenvalue weighted by Gasteiger charge is 2.25. The maximum Gasteiger partial charge on any atom is 0.223 e. The summed E-state index contributed by atoms with van der Waals surface area (Å²) in [4.78, 5) is 6.62. The van der Waals surface area contributed by atoms with Gasteiger partial charge in [0, 0.05) is 26.6 Å². The third-order valence-electron chi connectivity index (χ3n) is 3.51. The molecule has 0 radical (unpaired) electrons. The molecule has 0 aliphatic carbocycles. The van der Waals surface area contributed by atoms with E-state index in [0.29, 0.717) is 18.3 Å². The molecule has 5 heteroatoms. The lowest BCUT2D eigenvalue weighted by molar-refractivity contribution is -0.0380. The molecule has 0 N–H and O–H groups in total. The summed E-state index contributed by atoms with van der Waals surface area (Å²) in [6.07, 6.45) is -0.0911. The molecule has 0 amide bonds. The molecule has 1 saturated heterocycles. The highest BCUT2D eigenvalue weighted by Crippen LogP contribution is 2.21. The van der Waals surface area contributed by atoms with Crippen molar-refractivity contribution in [1.29, 1.82) is 0 Å². The fourth-order valence-electron chi connectivity index (χ4n) is 2.40. The summed E-state index contributed by atoms with van der Waals surface area (Å²) in [5, 5.41) is 3.95. The van der Waals surface area contributed by atoms with E-state index in [1.54, 1.807) is 6.92 Å². The van der Waals surface area contributed by atoms with Crippen molar-refractivity contribution in [2.75, 3.05) is 19.7 Å². The van der Waals surface area contributed by atoms with Gasteiger partial charge in [0.15, 0.2) is 0 Å². The minimum Gasteiger partial charge on any atom is -0.367 e. The number of aromatic nitrogens is 2. The maximum atomic E-state index is 5.74. The molecule has 0 unspecified atom stereocenters. The molecule has 3 rings (SSSR count). The molecule has 0 bridgehead atoms. The number of hydrogen-bond donors (Lipinski definition) is 0. The van der Waals surface area contributed by atoms with Crippen LogP contribution in [0.15, 0.2) is 28.8 Å². The normalized spacial score (nSPS) is 20.2. The second-order valence-corrected chi connectivity index (χ2v) is 5.25. The lowest BCUT2D eigenvalue weighted by Crippen LogP contribution is -2.38. The molecular formula is C15H19N3O2. The summed E-state index contributed by atoms with van der Waals surface area (Å²) in [5.41, 5.74) is 2.61. The van der Waals surface area contributed by atoms with Crippen molar-refractivity contribution in [3.05, 3.63) is 47.1 Å². The number of ether oxygens (including phenoxy) is 1. The highest BCUT2D eigenvalue weighted by molar-refractivity contribution is 5.21. The van der Waals surface area contributed by atoms with Crippen molar-refractivity contribution in [2.45, 2.75) is 26.5 Å². The van der Waals surface area contributed by atoms with Crippen molar-refractivity contribution >= 4 is 0 Å². The van der Waals surface area contributed by atoms with Crippen LogP contribution < -0.4 is 0 Å². The van der Waals surface area contributed by atoms with Crippen LogP contribution in [0.3, 0.4) is 0 Å². The predicted octanol–water partition coefficient (Wildman–Crippen LogP) is 2.26. The van der Waals surface area contributed by atoms with Gasteiger partial charge in [-0.2, -0.15) is 4.98 Å². The van der Waals surface area contributed by atoms with Crippen LogP contribution in [0.1, 0.15) is 28.9 Å². The number of benzene rings is 1. The van der Waals surface area contributed by atoms with E-state index in [0.717, 1.165) is 19.6 Å². The molecule has 1 aromatic carbocycles. The highest BCUT2D eigenvalue weighted by atomic mass is 16.5. The molecule has 0 spiro atoms. The quantitative estimate of drug-likeness (QED) is 0.858. The summed E-state index contributed by atoms with van der Waals surface area (Å²) in [5.74, 6) is 1.23. The summed E-state index contributed by atoms with van der Waals surface area (Å²) in [6, 6.07) is 8.65. The molecule has 5 nitrogen and oxygen atoms in total. The van der Waals surface area contributed by atoms with Gasteiger partial charge in [-0.05, 0) is 12.5 Å². The van der Waals surface area contributed by atoms with E-state index < -0.39 is 0 Å². The second-order valence-electron chi connectivity index (χ2n) is 5.25. The number of aryl methyl sites for hydroxylation is 2. The van der Waals surface area contributed by atoms with E-state index >= 15 is 0 Å². The van der Waals surface area contributed by atoms with Gasteiger partial charge in [-0.3, -0.25) is 4.90 Å². The lowest BCUT2D eigenvalue weighted by atomic mass is 10.1. The van der Waals surface area contributed by atoms with Crippen molar-refractivity contribution in [1.82, 2.24) is 15.0 Å². The molecule has 106 valence electrons. The summed E-state index contributed by atoms with van der Waals surface area (Å²) >= 11 is 0. The molecule has 20 heavy (non-hydrogen) atoms. The molecule has 1 aromatic heterocycles. The maximum absolute atomic E-state index is 5.74. The molecule has 1 aliphatic heterocycles. The van der Waals surface area contributed by atoms with Gasteiger partial charge >= 0.3 is 0 Å². The molecule has 0 saturated carbocycles. The third-order valence-corrected chi connectivity index (χ3v) is 3.51. The van der Waals surface area contributed by atoms with Crippen molar-refractivity contribution in [2.24, 2.45) is 0 Å². The average molecular weight is 273 g/mol. The minimum atomic E-state index is -0.0911. The van der Waals surface area contributed by atoms with Gasteiger partial charge in [0.2, 0.25) is 11.7 Å². The largest absolute Gasteiger partial charge is 0.367 e. The first kappa shape index (κ1) is 13.3. The van der Waals surface area contributed by atoms with Crippen LogP contribution in [0.5, 0.6) is 0 Å². The van der Waals surface area contributed by atoms with Gasteiger partial charge in [0.05, 0.1) is 6.61 Å². The Balaban J connectivity index is 1.64. The molecule has 2 heterocycles. The monoisotopic (exact) mass is 273 g/mol. The van der Waals surface area contributed by atoms with Crippen LogP contribution in [0.2, 0.25) is 0 Å². The standard InChI is InChI=1S/C15H19N3O2/c1-11-3-5-13(6-4-11)9-18-7-8-19-14(10-18)15-16-12(2)20-17-15/h3-6,14H,7-10H2,1-2H3/t14-/m0/s1. The summed E-state index contributed by atoms with van der Waals surface area (Å²) in [7, 11) is 0. The molecular weight excluding hydrogens is 254 g/mol. The van der Waals surface area contributed by atoms with E-state index in [1.807, 2.05) is 0 Å². The fourth-order valence-corrected chi connectivity index (χ4v) is 2.40. The zero-order valence-corrected chi connectivity index (χ0v) is 11.9. The second kappa shape index (κ2) is 5.73. The summed E-state index contributed by atoms with van der Waals surface area (Å²) < 4.78 is 10.8. The van der Waals surface area contributed by atoms with Crippen LogP contribution in [-0.4, -0.2) is 34.7 Å². The van der Waals surface area contributed by atoms with Gasteiger partial charge in [0.1, 0.15) is 6.10 Å². The van der Waals surface area contributed by atoms with E-state index in [-0.39, 0.29) is 6.10 Å². The minimum absolute atomic E-state index is 0.0911. The van der Waals surface area contributed by atoms with Crippen molar-refractivity contribution in [3.8, 4) is 0 Å². The Hall–Kier alpha value is -1.72. The first-order valence-corrected chi connectivity index (χ1v) is 6.90. The number of rotatable bonds is 3. The molecule has 1 aliphatic rings. The van der Waals surface area contributed by atoms with E-state index in [9.17, 15) is 0 Å². The first-order chi connectivity index (χ1) is 9.70. The fraction of sp³-hybridized carbons (Fsp3) is 0.467. The van der Waals surface area contributed by atoms with Gasteiger partial charge in [-0.25, -0.2) is 0 Å². The Morgan fingerprint density at radius 3 is 2.75 bits per heavy atom. The average Bonchev–Trinajstić information content (AvgIpc) is 2.89. The van der Waals surface area contributed by atoms with E-state index in [2.05, 4.69) is 46.2 Å². The van der Waals surface area contributed by atoms with Crippen LogP contribution in [0.25, 0.3) is 0 Å². The summed E-state index contributed by atoms with van der Waals surface area (Å²) in [6.45, 7) is 7.26. The predicted molar refractivity (Wildman–Crippen MR) is 74.2 cm³/mol. The van der Waals surface area contributed by atoms with Crippen LogP contribution in [0.4, 0.5) is 0 Å². The Bertz CT molecular complexity index is 565. The van der Waals surface area contributed by atoms with Crippen LogP contribution in [0, 0.1) is 13.8 Å². The van der Waals surface area contributed by atoms with Crippen molar-refractivity contribution in [3.63, 3.8) is 0 Å². The lowest BCUT2D eigenvalue weighted by Gasteiger charge is -2.31. The van der Waals surface area contributed by atoms with Gasteiger partial charge in [-0.1, -0.05) is 35.0 Å². The third kappa shape index (κ3) is 3.05. The zero-order valence-electron chi connectivity index (χ0n) is 11.9. The van der Waals surface area contributed by atoms with E-state index in [1.165, 1.54) is 11.1 Å². The van der Waals surface area contributed by atoms with Gasteiger partial charge in [0.25, 0.3) is 0 Å². The van der Waals surface area contributed by atoms with Crippen LogP contribution >= 0.6 is 0 Å². The molecule has 2 aromatic rings. The SMILES string of the molecule is Cc1ccc(CN2CCO[C@H](c3noc(C)n3)C2)cc1. The van der Waals surface area contributed by atoms with E-state index in [4.69, 9.17) is 9.26 Å². The molecule has 1 fully saturated rings. The Kier molecular flexibility index (Phi) is 3.80. The first-order valence-electron chi connectivity index (χ1n) is 6.90. The topological polar surface area (TPSA) is 51.4 Å². The van der Waals surface area contributed by atoms with Gasteiger partial charge in [-0.15, -0.1) is 0 Å². The van der Waals surface area contributed by atoms with Gasteiger partial charge < -0.3 is 9.26 Å². The number of hydrogen-bond acceptors (Lipinski definition) is 5. The number of morpholine rings is 1.